The molecule has 27 heavy (non-hydrogen) atoms. The van der Waals surface area contributed by atoms with Crippen LogP contribution < -0.4 is 16.0 Å². The van der Waals surface area contributed by atoms with E-state index in [1.165, 1.54) is 12.1 Å². The summed E-state index contributed by atoms with van der Waals surface area (Å²) >= 11 is 5.89. The Morgan fingerprint density at radius 3 is 2.59 bits per heavy atom. The molecule has 0 unspecified atom stereocenters. The molecule has 3 N–H and O–H groups in total. The highest BCUT2D eigenvalue weighted by Gasteiger charge is 2.12. The number of carbonyl (C=O) groups is 1. The fraction of sp³-hybridized carbons (Fsp3) is 0.250. The molecule has 0 bridgehead atoms. The first-order chi connectivity index (χ1) is 12.9. The smallest absolute Gasteiger partial charge is 0.411 e. The molecule has 144 valence electrons. The molecule has 0 aliphatic carbocycles. The standard InChI is InChI=1S/C20H23ClFN3O2/c1-3-27-20(26)24-19-9-8-17(10-18(19)23)25(12-14(2)11-21)13-15-4-6-16(22)7-5-15/h4-10H,2-3,11-13,23H2,1H3,(H,24,26). The van der Waals surface area contributed by atoms with Crippen LogP contribution in [0.1, 0.15) is 12.5 Å². The largest absolute Gasteiger partial charge is 0.450 e. The van der Waals surface area contributed by atoms with Crippen LogP contribution in [0.4, 0.5) is 26.2 Å². The lowest BCUT2D eigenvalue weighted by Crippen LogP contribution is -2.25. The Morgan fingerprint density at radius 1 is 1.30 bits per heavy atom. The monoisotopic (exact) mass is 391 g/mol. The van der Waals surface area contributed by atoms with Gasteiger partial charge in [0.05, 0.1) is 18.0 Å². The van der Waals surface area contributed by atoms with E-state index in [1.54, 1.807) is 31.2 Å². The van der Waals surface area contributed by atoms with Crippen LogP contribution in [0.25, 0.3) is 0 Å². The van der Waals surface area contributed by atoms with Crippen LogP contribution >= 0.6 is 11.6 Å². The van der Waals surface area contributed by atoms with Gasteiger partial charge in [-0.2, -0.15) is 0 Å². The molecule has 0 saturated heterocycles. The summed E-state index contributed by atoms with van der Waals surface area (Å²) in [6.45, 7) is 7.00. The lowest BCUT2D eigenvalue weighted by Gasteiger charge is -2.26. The Balaban J connectivity index is 2.23. The average molecular weight is 392 g/mol. The highest BCUT2D eigenvalue weighted by molar-refractivity contribution is 6.19. The lowest BCUT2D eigenvalue weighted by atomic mass is 10.1. The number of rotatable bonds is 8. The number of anilines is 3. The van der Waals surface area contributed by atoms with Crippen molar-refractivity contribution in [2.45, 2.75) is 13.5 Å². The minimum Gasteiger partial charge on any atom is -0.450 e. The maximum Gasteiger partial charge on any atom is 0.411 e. The minimum absolute atomic E-state index is 0.274. The molecule has 2 aromatic rings. The van der Waals surface area contributed by atoms with Crippen LogP contribution in [0.2, 0.25) is 0 Å². The molecule has 0 heterocycles. The zero-order valence-corrected chi connectivity index (χ0v) is 15.9. The summed E-state index contributed by atoms with van der Waals surface area (Å²) in [5.41, 5.74) is 9.56. The van der Waals surface area contributed by atoms with E-state index in [4.69, 9.17) is 22.1 Å². The molecule has 0 spiro atoms. The van der Waals surface area contributed by atoms with E-state index in [0.717, 1.165) is 16.8 Å². The van der Waals surface area contributed by atoms with E-state index in [0.29, 0.717) is 30.3 Å². The number of nitrogens with zero attached hydrogens (tertiary/aromatic N) is 1. The van der Waals surface area contributed by atoms with Gasteiger partial charge in [0.25, 0.3) is 0 Å². The molecule has 2 aromatic carbocycles. The molecule has 0 atom stereocenters. The molecule has 5 nitrogen and oxygen atoms in total. The quantitative estimate of drug-likeness (QED) is 0.386. The number of nitrogens with two attached hydrogens (primary N) is 1. The van der Waals surface area contributed by atoms with Crippen molar-refractivity contribution in [3.8, 4) is 0 Å². The van der Waals surface area contributed by atoms with Gasteiger partial charge in [0.2, 0.25) is 0 Å². The average Bonchev–Trinajstić information content (AvgIpc) is 2.64. The number of ether oxygens (including phenoxy) is 1. The fourth-order valence-electron chi connectivity index (χ4n) is 2.50. The Kier molecular flexibility index (Phi) is 7.49. The molecule has 0 aliphatic heterocycles. The van der Waals surface area contributed by atoms with Gasteiger partial charge in [-0.1, -0.05) is 18.7 Å². The molecule has 0 fully saturated rings. The lowest BCUT2D eigenvalue weighted by molar-refractivity contribution is 0.168. The topological polar surface area (TPSA) is 67.6 Å². The normalized spacial score (nSPS) is 10.3. The number of alkyl halides is 1. The summed E-state index contributed by atoms with van der Waals surface area (Å²) in [5, 5.41) is 2.60. The zero-order valence-electron chi connectivity index (χ0n) is 15.2. The molecule has 0 aromatic heterocycles. The summed E-state index contributed by atoms with van der Waals surface area (Å²) in [7, 11) is 0. The second-order valence-electron chi connectivity index (χ2n) is 5.98. The predicted octanol–water partition coefficient (Wildman–Crippen LogP) is 4.78. The highest BCUT2D eigenvalue weighted by Crippen LogP contribution is 2.27. The third-order valence-corrected chi connectivity index (χ3v) is 4.18. The summed E-state index contributed by atoms with van der Waals surface area (Å²) < 4.78 is 18.0. The van der Waals surface area contributed by atoms with Gasteiger partial charge in [-0.25, -0.2) is 9.18 Å². The Morgan fingerprint density at radius 2 is 2.00 bits per heavy atom. The Bertz CT molecular complexity index is 796. The number of nitrogen functional groups attached to an aromatic ring is 1. The van der Waals surface area contributed by atoms with Crippen molar-refractivity contribution in [3.63, 3.8) is 0 Å². The fourth-order valence-corrected chi connectivity index (χ4v) is 2.58. The van der Waals surface area contributed by atoms with Crippen molar-refractivity contribution in [1.29, 1.82) is 0 Å². The van der Waals surface area contributed by atoms with E-state index >= 15 is 0 Å². The van der Waals surface area contributed by atoms with Gasteiger partial charge in [0.15, 0.2) is 0 Å². The summed E-state index contributed by atoms with van der Waals surface area (Å²) in [5.74, 6) is 0.0480. The van der Waals surface area contributed by atoms with Crippen LogP contribution in [0.3, 0.4) is 0 Å². The summed E-state index contributed by atoms with van der Waals surface area (Å²) in [6.07, 6.45) is -0.560. The van der Waals surface area contributed by atoms with Crippen molar-refractivity contribution < 1.29 is 13.9 Å². The van der Waals surface area contributed by atoms with Gasteiger partial charge in [0, 0.05) is 24.7 Å². The van der Waals surface area contributed by atoms with Gasteiger partial charge < -0.3 is 15.4 Å². The van der Waals surface area contributed by atoms with E-state index in [2.05, 4.69) is 11.9 Å². The number of carbonyl (C=O) groups excluding carboxylic acids is 1. The molecule has 1 amide bonds. The van der Waals surface area contributed by atoms with Crippen molar-refractivity contribution in [2.24, 2.45) is 0 Å². The van der Waals surface area contributed by atoms with Crippen molar-refractivity contribution in [2.75, 3.05) is 35.0 Å². The number of amides is 1. The molecular weight excluding hydrogens is 369 g/mol. The van der Waals surface area contributed by atoms with Crippen LogP contribution in [-0.4, -0.2) is 25.1 Å². The first kappa shape index (κ1) is 20.6. The minimum atomic E-state index is -0.560. The van der Waals surface area contributed by atoms with Crippen LogP contribution in [-0.2, 0) is 11.3 Å². The van der Waals surface area contributed by atoms with Gasteiger partial charge in [-0.15, -0.1) is 11.6 Å². The van der Waals surface area contributed by atoms with E-state index < -0.39 is 6.09 Å². The molecule has 2 rings (SSSR count). The molecule has 0 aliphatic rings. The van der Waals surface area contributed by atoms with Crippen molar-refractivity contribution >= 4 is 34.8 Å². The molecular formula is C20H23ClFN3O2. The van der Waals surface area contributed by atoms with Gasteiger partial charge in [0.1, 0.15) is 5.82 Å². The number of benzene rings is 2. The zero-order chi connectivity index (χ0) is 19.8. The Hall–Kier alpha value is -2.73. The SMILES string of the molecule is C=C(CCl)CN(Cc1ccc(F)cc1)c1ccc(NC(=O)OCC)c(N)c1. The number of hydrogen-bond donors (Lipinski definition) is 2. The third-order valence-electron chi connectivity index (χ3n) is 3.80. The first-order valence-electron chi connectivity index (χ1n) is 8.48. The van der Waals surface area contributed by atoms with Gasteiger partial charge >= 0.3 is 6.09 Å². The summed E-state index contributed by atoms with van der Waals surface area (Å²) in [6, 6.07) is 11.6. The highest BCUT2D eigenvalue weighted by atomic mass is 35.5. The van der Waals surface area contributed by atoms with E-state index in [1.807, 2.05) is 11.0 Å². The van der Waals surface area contributed by atoms with Gasteiger partial charge in [-0.05, 0) is 48.4 Å². The van der Waals surface area contributed by atoms with Crippen LogP contribution in [0.15, 0.2) is 54.6 Å². The predicted molar refractivity (Wildman–Crippen MR) is 109 cm³/mol. The second-order valence-corrected chi connectivity index (χ2v) is 6.25. The van der Waals surface area contributed by atoms with Crippen molar-refractivity contribution in [3.05, 3.63) is 66.0 Å². The number of halogens is 2. The van der Waals surface area contributed by atoms with E-state index in [-0.39, 0.29) is 12.4 Å². The maximum absolute atomic E-state index is 13.2. The number of hydrogen-bond acceptors (Lipinski definition) is 4. The van der Waals surface area contributed by atoms with Gasteiger partial charge in [-0.3, -0.25) is 5.32 Å². The van der Waals surface area contributed by atoms with Crippen molar-refractivity contribution in [1.82, 2.24) is 0 Å². The van der Waals surface area contributed by atoms with Crippen LogP contribution in [0.5, 0.6) is 0 Å². The maximum atomic E-state index is 13.2. The first-order valence-corrected chi connectivity index (χ1v) is 9.01. The Labute approximate surface area is 163 Å². The summed E-state index contributed by atoms with van der Waals surface area (Å²) in [4.78, 5) is 13.6. The molecule has 0 saturated carbocycles. The number of nitrogens with one attached hydrogen (secondary N) is 1. The molecule has 7 heteroatoms. The third kappa shape index (κ3) is 6.18. The molecule has 0 radical (unpaired) electrons. The van der Waals surface area contributed by atoms with Crippen LogP contribution in [0, 0.1) is 5.82 Å². The second kappa shape index (κ2) is 9.83. The van der Waals surface area contributed by atoms with E-state index in [9.17, 15) is 9.18 Å².